The Kier molecular flexibility index (Phi) is 9.58. The molecule has 1 aromatic rings. The van der Waals surface area contributed by atoms with Crippen molar-refractivity contribution in [1.29, 1.82) is 0 Å². The van der Waals surface area contributed by atoms with Gasteiger partial charge in [-0.15, -0.1) is 12.4 Å². The van der Waals surface area contributed by atoms with Gasteiger partial charge in [0.25, 0.3) is 0 Å². The fourth-order valence-electron chi connectivity index (χ4n) is 1.68. The minimum absolute atomic E-state index is 0. The van der Waals surface area contributed by atoms with E-state index in [1.165, 1.54) is 0 Å². The molecule has 0 aliphatic heterocycles. The van der Waals surface area contributed by atoms with Gasteiger partial charge in [-0.2, -0.15) is 0 Å². The molecule has 0 bridgehead atoms. The molecule has 1 amide bonds. The second-order valence-corrected chi connectivity index (χ2v) is 4.90. The minimum Gasteiger partial charge on any atom is -0.493 e. The quantitative estimate of drug-likeness (QED) is 0.770. The van der Waals surface area contributed by atoms with Gasteiger partial charge in [0.05, 0.1) is 13.7 Å². The first-order valence-corrected chi connectivity index (χ1v) is 6.85. The zero-order valence-electron chi connectivity index (χ0n) is 12.8. The maximum Gasteiger partial charge on any atom is 0.220 e. The molecule has 0 fully saturated rings. The molecule has 1 aromatic carbocycles. The Bertz CT molecular complexity index is 427. The first-order valence-electron chi connectivity index (χ1n) is 6.85. The lowest BCUT2D eigenvalue weighted by Gasteiger charge is -2.17. The summed E-state index contributed by atoms with van der Waals surface area (Å²) in [5.74, 6) is 1.35. The van der Waals surface area contributed by atoms with E-state index in [9.17, 15) is 4.79 Å². The molecular formula is C15H25ClN2O3. The van der Waals surface area contributed by atoms with E-state index in [1.54, 1.807) is 7.11 Å². The summed E-state index contributed by atoms with van der Waals surface area (Å²) >= 11 is 0. The van der Waals surface area contributed by atoms with Crippen LogP contribution >= 0.6 is 12.4 Å². The standard InChI is InChI=1S/C15H24N2O3.ClH/c1-11(16)8-9-15(18)17-10-12(2)20-14-7-5-4-6-13(14)19-3;/h4-7,11-12H,8-10,16H2,1-3H3,(H,17,18);1H. The molecule has 0 saturated carbocycles. The molecule has 21 heavy (non-hydrogen) atoms. The molecule has 120 valence electrons. The summed E-state index contributed by atoms with van der Waals surface area (Å²) in [5, 5.41) is 2.84. The van der Waals surface area contributed by atoms with Gasteiger partial charge < -0.3 is 20.5 Å². The Balaban J connectivity index is 0.00000400. The Morgan fingerprint density at radius 3 is 2.48 bits per heavy atom. The summed E-state index contributed by atoms with van der Waals surface area (Å²) in [6.45, 7) is 4.24. The highest BCUT2D eigenvalue weighted by Crippen LogP contribution is 2.26. The Morgan fingerprint density at radius 2 is 1.90 bits per heavy atom. The van der Waals surface area contributed by atoms with Crippen molar-refractivity contribution in [3.05, 3.63) is 24.3 Å². The van der Waals surface area contributed by atoms with Crippen LogP contribution in [0, 0.1) is 0 Å². The number of para-hydroxylation sites is 2. The van der Waals surface area contributed by atoms with Gasteiger partial charge in [0.2, 0.25) is 5.91 Å². The van der Waals surface area contributed by atoms with Crippen LogP contribution in [0.15, 0.2) is 24.3 Å². The summed E-state index contributed by atoms with van der Waals surface area (Å²) < 4.78 is 11.0. The third-order valence-electron chi connectivity index (χ3n) is 2.81. The molecule has 2 unspecified atom stereocenters. The predicted octanol–water partition coefficient (Wildman–Crippen LogP) is 2.13. The van der Waals surface area contributed by atoms with Gasteiger partial charge in [-0.25, -0.2) is 0 Å². The van der Waals surface area contributed by atoms with Crippen molar-refractivity contribution in [3.8, 4) is 11.5 Å². The summed E-state index contributed by atoms with van der Waals surface area (Å²) in [4.78, 5) is 11.6. The first kappa shape index (κ1) is 19.5. The van der Waals surface area contributed by atoms with E-state index in [2.05, 4.69) is 5.32 Å². The number of nitrogens with two attached hydrogens (primary N) is 1. The van der Waals surface area contributed by atoms with E-state index in [1.807, 2.05) is 38.1 Å². The summed E-state index contributed by atoms with van der Waals surface area (Å²) in [7, 11) is 1.60. The molecular weight excluding hydrogens is 292 g/mol. The van der Waals surface area contributed by atoms with Crippen LogP contribution < -0.4 is 20.5 Å². The highest BCUT2D eigenvalue weighted by molar-refractivity contribution is 5.85. The summed E-state index contributed by atoms with van der Waals surface area (Å²) in [6, 6.07) is 7.48. The highest BCUT2D eigenvalue weighted by atomic mass is 35.5. The number of nitrogens with one attached hydrogen (secondary N) is 1. The maximum atomic E-state index is 11.6. The van der Waals surface area contributed by atoms with Crippen LogP contribution in [-0.2, 0) is 4.79 Å². The van der Waals surface area contributed by atoms with E-state index < -0.39 is 0 Å². The van der Waals surface area contributed by atoms with Crippen LogP contribution in [0.1, 0.15) is 26.7 Å². The van der Waals surface area contributed by atoms with E-state index in [0.717, 1.165) is 0 Å². The number of rotatable bonds is 8. The molecule has 0 aliphatic carbocycles. The van der Waals surface area contributed by atoms with E-state index >= 15 is 0 Å². The zero-order valence-corrected chi connectivity index (χ0v) is 13.6. The molecule has 1 rings (SSSR count). The third-order valence-corrected chi connectivity index (χ3v) is 2.81. The molecule has 0 aromatic heterocycles. The lowest BCUT2D eigenvalue weighted by atomic mass is 10.2. The van der Waals surface area contributed by atoms with Crippen molar-refractivity contribution in [2.45, 2.75) is 38.8 Å². The van der Waals surface area contributed by atoms with E-state index in [-0.39, 0.29) is 30.5 Å². The van der Waals surface area contributed by atoms with Gasteiger partial charge in [-0.3, -0.25) is 4.79 Å². The van der Waals surface area contributed by atoms with Crippen LogP contribution in [0.2, 0.25) is 0 Å². The van der Waals surface area contributed by atoms with Crippen molar-refractivity contribution in [3.63, 3.8) is 0 Å². The van der Waals surface area contributed by atoms with Crippen molar-refractivity contribution in [2.75, 3.05) is 13.7 Å². The SMILES string of the molecule is COc1ccccc1OC(C)CNC(=O)CCC(C)N.Cl. The van der Waals surface area contributed by atoms with Crippen LogP contribution in [0.5, 0.6) is 11.5 Å². The molecule has 0 radical (unpaired) electrons. The zero-order chi connectivity index (χ0) is 15.0. The van der Waals surface area contributed by atoms with Crippen LogP contribution in [0.4, 0.5) is 0 Å². The molecule has 0 heterocycles. The fraction of sp³-hybridized carbons (Fsp3) is 0.533. The van der Waals surface area contributed by atoms with E-state index in [0.29, 0.717) is 30.9 Å². The molecule has 5 nitrogen and oxygen atoms in total. The smallest absolute Gasteiger partial charge is 0.220 e. The maximum absolute atomic E-state index is 11.6. The normalized spacial score (nSPS) is 12.8. The molecule has 3 N–H and O–H groups in total. The minimum atomic E-state index is -0.134. The van der Waals surface area contributed by atoms with Crippen LogP contribution in [0.25, 0.3) is 0 Å². The number of methoxy groups -OCH3 is 1. The lowest BCUT2D eigenvalue weighted by Crippen LogP contribution is -2.34. The van der Waals surface area contributed by atoms with Crippen LogP contribution in [0.3, 0.4) is 0 Å². The van der Waals surface area contributed by atoms with Crippen molar-refractivity contribution >= 4 is 18.3 Å². The van der Waals surface area contributed by atoms with Crippen LogP contribution in [-0.4, -0.2) is 31.7 Å². The van der Waals surface area contributed by atoms with Gasteiger partial charge in [-0.1, -0.05) is 12.1 Å². The van der Waals surface area contributed by atoms with Gasteiger partial charge in [-0.05, 0) is 32.4 Å². The number of ether oxygens (including phenoxy) is 2. The molecule has 0 aliphatic rings. The Morgan fingerprint density at radius 1 is 1.29 bits per heavy atom. The van der Waals surface area contributed by atoms with Crippen molar-refractivity contribution in [1.82, 2.24) is 5.32 Å². The first-order chi connectivity index (χ1) is 9.52. The molecule has 0 saturated heterocycles. The number of amides is 1. The molecule has 6 heteroatoms. The summed E-state index contributed by atoms with van der Waals surface area (Å²) in [6.07, 6.45) is 0.998. The third kappa shape index (κ3) is 7.78. The van der Waals surface area contributed by atoms with Crippen molar-refractivity contribution in [2.24, 2.45) is 5.73 Å². The largest absolute Gasteiger partial charge is 0.493 e. The average Bonchev–Trinajstić information content (AvgIpc) is 2.43. The van der Waals surface area contributed by atoms with E-state index in [4.69, 9.17) is 15.2 Å². The second kappa shape index (κ2) is 10.3. The lowest BCUT2D eigenvalue weighted by molar-refractivity contribution is -0.121. The number of hydrogen-bond donors (Lipinski definition) is 2. The van der Waals surface area contributed by atoms with Gasteiger partial charge in [0, 0.05) is 12.5 Å². The number of benzene rings is 1. The summed E-state index contributed by atoms with van der Waals surface area (Å²) in [5.41, 5.74) is 5.61. The number of carbonyl (C=O) groups excluding carboxylic acids is 1. The van der Waals surface area contributed by atoms with Gasteiger partial charge in [0.15, 0.2) is 11.5 Å². The number of hydrogen-bond acceptors (Lipinski definition) is 4. The average molecular weight is 317 g/mol. The van der Waals surface area contributed by atoms with Gasteiger partial charge in [0.1, 0.15) is 6.10 Å². The number of halogens is 1. The fourth-order valence-corrected chi connectivity index (χ4v) is 1.68. The monoisotopic (exact) mass is 316 g/mol. The second-order valence-electron chi connectivity index (χ2n) is 4.90. The number of carbonyl (C=O) groups is 1. The highest BCUT2D eigenvalue weighted by Gasteiger charge is 2.10. The van der Waals surface area contributed by atoms with Gasteiger partial charge >= 0.3 is 0 Å². The predicted molar refractivity (Wildman–Crippen MR) is 86.2 cm³/mol. The molecule has 0 spiro atoms. The van der Waals surface area contributed by atoms with Crippen molar-refractivity contribution < 1.29 is 14.3 Å². The topological polar surface area (TPSA) is 73.6 Å². The Labute approximate surface area is 132 Å². The Hall–Kier alpha value is -1.46. The molecule has 2 atom stereocenters.